The fourth-order valence-corrected chi connectivity index (χ4v) is 3.20. The van der Waals surface area contributed by atoms with Crippen LogP contribution in [0.25, 0.3) is 0 Å². The molecule has 1 heterocycles. The summed E-state index contributed by atoms with van der Waals surface area (Å²) in [4.78, 5) is 14.6. The lowest BCUT2D eigenvalue weighted by Gasteiger charge is -2.32. The molecular weight excluding hydrogens is 328 g/mol. The normalized spacial score (nSPS) is 20.5. The van der Waals surface area contributed by atoms with Crippen LogP contribution >= 0.6 is 0 Å². The molecule has 0 radical (unpaired) electrons. The second-order valence-corrected chi connectivity index (χ2v) is 6.82. The third kappa shape index (κ3) is 4.84. The number of hydrogen-bond acceptors (Lipinski definition) is 4. The number of piperidine rings is 1. The van der Waals surface area contributed by atoms with Gasteiger partial charge in [0.1, 0.15) is 12.4 Å². The zero-order valence-corrected chi connectivity index (χ0v) is 15.1. The van der Waals surface area contributed by atoms with E-state index in [1.807, 2.05) is 61.6 Å². The molecule has 1 aliphatic rings. The molecule has 2 atom stereocenters. The van der Waals surface area contributed by atoms with E-state index in [2.05, 4.69) is 10.2 Å². The number of carbonyl (C=O) groups excluding carboxylic acids is 1. The van der Waals surface area contributed by atoms with Crippen molar-refractivity contribution in [1.82, 2.24) is 10.2 Å². The average Bonchev–Trinajstić information content (AvgIpc) is 2.67. The number of nitrogens with one attached hydrogen (secondary N) is 1. The summed E-state index contributed by atoms with van der Waals surface area (Å²) in [6.45, 7) is 2.27. The molecule has 1 fully saturated rings. The van der Waals surface area contributed by atoms with E-state index in [1.54, 1.807) is 0 Å². The second-order valence-electron chi connectivity index (χ2n) is 6.82. The molecule has 0 saturated carbocycles. The van der Waals surface area contributed by atoms with Gasteiger partial charge in [0.2, 0.25) is 5.91 Å². The lowest BCUT2D eigenvalue weighted by atomic mass is 9.94. The molecule has 5 heteroatoms. The van der Waals surface area contributed by atoms with Gasteiger partial charge in [0.05, 0.1) is 12.0 Å². The van der Waals surface area contributed by atoms with Crippen molar-refractivity contribution < 1.29 is 14.6 Å². The predicted octanol–water partition coefficient (Wildman–Crippen LogP) is 2.19. The van der Waals surface area contributed by atoms with Crippen molar-refractivity contribution in [2.24, 2.45) is 5.92 Å². The van der Waals surface area contributed by atoms with Crippen LogP contribution in [0.4, 0.5) is 0 Å². The molecule has 1 saturated heterocycles. The summed E-state index contributed by atoms with van der Waals surface area (Å²) in [6, 6.07) is 17.7. The quantitative estimate of drug-likeness (QED) is 0.835. The lowest BCUT2D eigenvalue weighted by molar-refractivity contribution is -0.131. The molecule has 1 aliphatic heterocycles. The Balaban J connectivity index is 1.58. The van der Waals surface area contributed by atoms with E-state index in [-0.39, 0.29) is 11.8 Å². The Labute approximate surface area is 154 Å². The maximum atomic E-state index is 12.5. The number of likely N-dealkylation sites (tertiary alicyclic amines) is 1. The summed E-state index contributed by atoms with van der Waals surface area (Å²) >= 11 is 0. The van der Waals surface area contributed by atoms with Crippen LogP contribution in [0.5, 0.6) is 5.75 Å². The molecule has 0 aromatic heterocycles. The highest BCUT2D eigenvalue weighted by Gasteiger charge is 2.31. The smallest absolute Gasteiger partial charge is 0.227 e. The van der Waals surface area contributed by atoms with Gasteiger partial charge in [-0.15, -0.1) is 0 Å². The molecular formula is C21H26N2O3. The van der Waals surface area contributed by atoms with Gasteiger partial charge in [-0.05, 0) is 25.1 Å². The molecule has 0 bridgehead atoms. The Morgan fingerprint density at radius 3 is 2.73 bits per heavy atom. The second kappa shape index (κ2) is 8.83. The molecule has 138 valence electrons. The highest BCUT2D eigenvalue weighted by molar-refractivity contribution is 5.79. The minimum atomic E-state index is -0.573. The van der Waals surface area contributed by atoms with Crippen LogP contribution in [0.2, 0.25) is 0 Å². The molecule has 1 amide bonds. The largest absolute Gasteiger partial charge is 0.489 e. The van der Waals surface area contributed by atoms with E-state index in [0.717, 1.165) is 23.4 Å². The fourth-order valence-electron chi connectivity index (χ4n) is 3.20. The minimum absolute atomic E-state index is 0.109. The molecule has 5 nitrogen and oxygen atoms in total. The number of aliphatic hydroxyl groups is 1. The van der Waals surface area contributed by atoms with E-state index in [0.29, 0.717) is 26.1 Å². The van der Waals surface area contributed by atoms with Gasteiger partial charge in [0.15, 0.2) is 0 Å². The molecule has 0 unspecified atom stereocenters. The van der Waals surface area contributed by atoms with Gasteiger partial charge in [-0.2, -0.15) is 0 Å². The predicted molar refractivity (Wildman–Crippen MR) is 101 cm³/mol. The summed E-state index contributed by atoms with van der Waals surface area (Å²) in [7, 11) is 1.97. The number of benzene rings is 2. The Kier molecular flexibility index (Phi) is 6.26. The van der Waals surface area contributed by atoms with Crippen LogP contribution in [0.1, 0.15) is 17.5 Å². The first-order valence-corrected chi connectivity index (χ1v) is 9.02. The number of nitrogens with zero attached hydrogens (tertiary/aromatic N) is 1. The SMILES string of the molecule is CN1CC[C@H](O)[C@H](C(=O)NCc2ccccc2OCc2ccccc2)C1. The summed E-state index contributed by atoms with van der Waals surface area (Å²) in [6.07, 6.45) is 0.0570. The maximum absolute atomic E-state index is 12.5. The summed E-state index contributed by atoms with van der Waals surface area (Å²) in [5.41, 5.74) is 2.02. The van der Waals surface area contributed by atoms with Crippen molar-refractivity contribution in [1.29, 1.82) is 0 Å². The highest BCUT2D eigenvalue weighted by Crippen LogP contribution is 2.20. The molecule has 2 aromatic carbocycles. The molecule has 3 rings (SSSR count). The average molecular weight is 354 g/mol. The first-order chi connectivity index (χ1) is 12.6. The van der Waals surface area contributed by atoms with Gasteiger partial charge < -0.3 is 20.1 Å². The maximum Gasteiger partial charge on any atom is 0.227 e. The Bertz CT molecular complexity index is 720. The van der Waals surface area contributed by atoms with Crippen LogP contribution in [0.15, 0.2) is 54.6 Å². The van der Waals surface area contributed by atoms with Crippen LogP contribution in [0.3, 0.4) is 0 Å². The van der Waals surface area contributed by atoms with Gasteiger partial charge in [0, 0.05) is 25.2 Å². The first kappa shape index (κ1) is 18.4. The zero-order chi connectivity index (χ0) is 18.4. The molecule has 0 spiro atoms. The highest BCUT2D eigenvalue weighted by atomic mass is 16.5. The molecule has 26 heavy (non-hydrogen) atoms. The Morgan fingerprint density at radius 2 is 1.92 bits per heavy atom. The number of aliphatic hydroxyl groups excluding tert-OH is 1. The van der Waals surface area contributed by atoms with Crippen molar-refractivity contribution in [2.75, 3.05) is 20.1 Å². The van der Waals surface area contributed by atoms with Crippen molar-refractivity contribution in [2.45, 2.75) is 25.7 Å². The van der Waals surface area contributed by atoms with E-state index >= 15 is 0 Å². The van der Waals surface area contributed by atoms with Crippen LogP contribution in [-0.4, -0.2) is 42.2 Å². The van der Waals surface area contributed by atoms with Crippen molar-refractivity contribution in [3.8, 4) is 5.75 Å². The van der Waals surface area contributed by atoms with Crippen LogP contribution in [-0.2, 0) is 17.9 Å². The molecule has 2 N–H and O–H groups in total. The van der Waals surface area contributed by atoms with Gasteiger partial charge in [-0.25, -0.2) is 0 Å². The minimum Gasteiger partial charge on any atom is -0.489 e. The van der Waals surface area contributed by atoms with Gasteiger partial charge in [0.25, 0.3) is 0 Å². The third-order valence-corrected chi connectivity index (χ3v) is 4.78. The first-order valence-electron chi connectivity index (χ1n) is 9.02. The molecule has 2 aromatic rings. The summed E-state index contributed by atoms with van der Waals surface area (Å²) in [5, 5.41) is 13.1. The van der Waals surface area contributed by atoms with Crippen molar-refractivity contribution >= 4 is 5.91 Å². The molecule has 0 aliphatic carbocycles. The van der Waals surface area contributed by atoms with Crippen LogP contribution < -0.4 is 10.1 Å². The number of amides is 1. The van der Waals surface area contributed by atoms with Crippen molar-refractivity contribution in [3.63, 3.8) is 0 Å². The van der Waals surface area contributed by atoms with E-state index < -0.39 is 6.10 Å². The number of rotatable bonds is 6. The summed E-state index contributed by atoms with van der Waals surface area (Å²) in [5.74, 6) is 0.269. The van der Waals surface area contributed by atoms with Gasteiger partial charge >= 0.3 is 0 Å². The monoisotopic (exact) mass is 354 g/mol. The van der Waals surface area contributed by atoms with Gasteiger partial charge in [-0.1, -0.05) is 48.5 Å². The van der Waals surface area contributed by atoms with E-state index in [1.165, 1.54) is 0 Å². The number of hydrogen-bond donors (Lipinski definition) is 2. The Hall–Kier alpha value is -2.37. The number of para-hydroxylation sites is 1. The zero-order valence-electron chi connectivity index (χ0n) is 15.1. The Morgan fingerprint density at radius 1 is 1.19 bits per heavy atom. The van der Waals surface area contributed by atoms with Gasteiger partial charge in [-0.3, -0.25) is 4.79 Å². The van der Waals surface area contributed by atoms with Crippen molar-refractivity contribution in [3.05, 3.63) is 65.7 Å². The number of carbonyl (C=O) groups is 1. The number of ether oxygens (including phenoxy) is 1. The fraction of sp³-hybridized carbons (Fsp3) is 0.381. The standard InChI is InChI=1S/C21H26N2O3/c1-23-12-11-19(24)18(14-23)21(25)22-13-17-9-5-6-10-20(17)26-15-16-7-3-2-4-8-16/h2-10,18-19,24H,11-15H2,1H3,(H,22,25)/t18-,19+/m1/s1. The lowest BCUT2D eigenvalue weighted by Crippen LogP contribution is -2.48. The topological polar surface area (TPSA) is 61.8 Å². The van der Waals surface area contributed by atoms with Crippen LogP contribution in [0, 0.1) is 5.92 Å². The van der Waals surface area contributed by atoms with E-state index in [9.17, 15) is 9.90 Å². The summed E-state index contributed by atoms with van der Waals surface area (Å²) < 4.78 is 5.93. The third-order valence-electron chi connectivity index (χ3n) is 4.78. The van der Waals surface area contributed by atoms with E-state index in [4.69, 9.17) is 4.74 Å².